The molecule has 1 fully saturated rings. The molecular formula is C10H21ClN2O2S. The van der Waals surface area contributed by atoms with Crippen LogP contribution in [-0.4, -0.2) is 49.1 Å². The van der Waals surface area contributed by atoms with E-state index < -0.39 is 10.2 Å². The van der Waals surface area contributed by atoms with E-state index in [1.807, 2.05) is 6.92 Å². The van der Waals surface area contributed by atoms with E-state index in [0.717, 1.165) is 19.3 Å². The summed E-state index contributed by atoms with van der Waals surface area (Å²) in [6.07, 6.45) is 3.81. The number of nitrogens with zero attached hydrogens (tertiary/aromatic N) is 2. The Labute approximate surface area is 104 Å². The van der Waals surface area contributed by atoms with Gasteiger partial charge in [0, 0.05) is 32.1 Å². The first-order valence-electron chi connectivity index (χ1n) is 5.94. The minimum atomic E-state index is -3.24. The van der Waals surface area contributed by atoms with Crippen molar-refractivity contribution in [2.45, 2.75) is 32.6 Å². The lowest BCUT2D eigenvalue weighted by Crippen LogP contribution is -2.46. The Balaban J connectivity index is 2.64. The van der Waals surface area contributed by atoms with E-state index in [-0.39, 0.29) is 0 Å². The predicted octanol–water partition coefficient (Wildman–Crippen LogP) is 1.67. The van der Waals surface area contributed by atoms with Gasteiger partial charge in [-0.3, -0.25) is 0 Å². The zero-order valence-corrected chi connectivity index (χ0v) is 11.4. The van der Waals surface area contributed by atoms with E-state index in [1.165, 1.54) is 4.31 Å². The van der Waals surface area contributed by atoms with Crippen molar-refractivity contribution in [2.24, 2.45) is 0 Å². The molecule has 0 saturated carbocycles. The van der Waals surface area contributed by atoms with Crippen molar-refractivity contribution in [3.05, 3.63) is 0 Å². The fourth-order valence-electron chi connectivity index (χ4n) is 1.93. The van der Waals surface area contributed by atoms with E-state index in [2.05, 4.69) is 0 Å². The smallest absolute Gasteiger partial charge is 0.195 e. The highest BCUT2D eigenvalue weighted by atomic mass is 35.5. The summed E-state index contributed by atoms with van der Waals surface area (Å²) in [5.41, 5.74) is 0. The number of piperidine rings is 1. The van der Waals surface area contributed by atoms with Crippen molar-refractivity contribution in [1.82, 2.24) is 8.61 Å². The Kier molecular flexibility index (Phi) is 6.03. The van der Waals surface area contributed by atoms with Crippen LogP contribution in [-0.2, 0) is 10.2 Å². The van der Waals surface area contributed by atoms with Crippen molar-refractivity contribution in [2.75, 3.05) is 32.1 Å². The number of hydrogen-bond acceptors (Lipinski definition) is 2. The Hall–Kier alpha value is 0.160. The molecule has 0 unspecified atom stereocenters. The maximum absolute atomic E-state index is 12.2. The summed E-state index contributed by atoms with van der Waals surface area (Å²) in [5.74, 6) is 0.506. The minimum absolute atomic E-state index is 0.506. The molecular weight excluding hydrogens is 248 g/mol. The van der Waals surface area contributed by atoms with Gasteiger partial charge in [0.2, 0.25) is 0 Å². The minimum Gasteiger partial charge on any atom is -0.195 e. The van der Waals surface area contributed by atoms with Crippen LogP contribution in [0.1, 0.15) is 32.6 Å². The molecule has 0 bridgehead atoms. The summed E-state index contributed by atoms with van der Waals surface area (Å²) in [5, 5.41) is 0. The van der Waals surface area contributed by atoms with Crippen LogP contribution in [0.2, 0.25) is 0 Å². The van der Waals surface area contributed by atoms with Gasteiger partial charge in [0.05, 0.1) is 0 Å². The van der Waals surface area contributed by atoms with E-state index in [0.29, 0.717) is 38.5 Å². The second kappa shape index (κ2) is 6.79. The molecule has 1 saturated heterocycles. The third kappa shape index (κ3) is 3.58. The number of halogens is 1. The van der Waals surface area contributed by atoms with Crippen LogP contribution in [0.3, 0.4) is 0 Å². The van der Waals surface area contributed by atoms with Gasteiger partial charge in [-0.2, -0.15) is 17.0 Å². The number of alkyl halides is 1. The average Bonchev–Trinajstić information content (AvgIpc) is 2.31. The van der Waals surface area contributed by atoms with Crippen LogP contribution in [0.5, 0.6) is 0 Å². The Morgan fingerprint density at radius 2 is 1.88 bits per heavy atom. The molecule has 0 aromatic heterocycles. The third-order valence-corrected chi connectivity index (χ3v) is 5.24. The van der Waals surface area contributed by atoms with Crippen molar-refractivity contribution in [3.8, 4) is 0 Å². The van der Waals surface area contributed by atoms with Gasteiger partial charge in [-0.05, 0) is 19.3 Å². The topological polar surface area (TPSA) is 40.6 Å². The summed E-state index contributed by atoms with van der Waals surface area (Å²) >= 11 is 5.60. The van der Waals surface area contributed by atoms with Gasteiger partial charge in [-0.25, -0.2) is 0 Å². The Bertz CT molecular complexity index is 289. The molecule has 1 aliphatic heterocycles. The first-order chi connectivity index (χ1) is 7.62. The molecule has 1 rings (SSSR count). The second-order valence-electron chi connectivity index (χ2n) is 4.00. The zero-order chi connectivity index (χ0) is 12.0. The molecule has 6 heteroatoms. The lowest BCUT2D eigenvalue weighted by Gasteiger charge is -2.31. The SMILES string of the molecule is CCN(CCCCl)S(=O)(=O)N1CCCCC1. The van der Waals surface area contributed by atoms with Gasteiger partial charge in [0.1, 0.15) is 0 Å². The van der Waals surface area contributed by atoms with E-state index >= 15 is 0 Å². The van der Waals surface area contributed by atoms with Crippen molar-refractivity contribution < 1.29 is 8.42 Å². The van der Waals surface area contributed by atoms with Crippen LogP contribution < -0.4 is 0 Å². The molecule has 0 radical (unpaired) electrons. The van der Waals surface area contributed by atoms with E-state index in [4.69, 9.17) is 11.6 Å². The highest BCUT2D eigenvalue weighted by Gasteiger charge is 2.28. The molecule has 1 heterocycles. The lowest BCUT2D eigenvalue weighted by molar-refractivity contribution is 0.306. The zero-order valence-electron chi connectivity index (χ0n) is 9.86. The molecule has 16 heavy (non-hydrogen) atoms. The maximum Gasteiger partial charge on any atom is 0.281 e. The monoisotopic (exact) mass is 268 g/mol. The van der Waals surface area contributed by atoms with Crippen LogP contribution >= 0.6 is 11.6 Å². The third-order valence-electron chi connectivity index (χ3n) is 2.86. The first-order valence-corrected chi connectivity index (χ1v) is 7.87. The summed E-state index contributed by atoms with van der Waals surface area (Å²) in [4.78, 5) is 0. The van der Waals surface area contributed by atoms with Crippen LogP contribution in [0.4, 0.5) is 0 Å². The van der Waals surface area contributed by atoms with Crippen molar-refractivity contribution >= 4 is 21.8 Å². The van der Waals surface area contributed by atoms with Gasteiger partial charge in [0.15, 0.2) is 0 Å². The second-order valence-corrected chi connectivity index (χ2v) is 6.31. The van der Waals surface area contributed by atoms with Crippen molar-refractivity contribution in [1.29, 1.82) is 0 Å². The number of rotatable bonds is 6. The number of hydrogen-bond donors (Lipinski definition) is 0. The largest absolute Gasteiger partial charge is 0.281 e. The van der Waals surface area contributed by atoms with Crippen LogP contribution in [0.15, 0.2) is 0 Å². The molecule has 0 aromatic rings. The lowest BCUT2D eigenvalue weighted by atomic mass is 10.2. The first kappa shape index (κ1) is 14.2. The standard InChI is InChI=1S/C10H21ClN2O2S/c1-2-12(10-6-7-11)16(14,15)13-8-4-3-5-9-13/h2-10H2,1H3. The fourth-order valence-corrected chi connectivity index (χ4v) is 3.78. The summed E-state index contributed by atoms with van der Waals surface area (Å²) in [7, 11) is -3.24. The quantitative estimate of drug-likeness (QED) is 0.688. The Morgan fingerprint density at radius 1 is 1.25 bits per heavy atom. The highest BCUT2D eigenvalue weighted by molar-refractivity contribution is 7.86. The molecule has 0 spiro atoms. The van der Waals surface area contributed by atoms with Crippen LogP contribution in [0.25, 0.3) is 0 Å². The predicted molar refractivity (Wildman–Crippen MR) is 66.9 cm³/mol. The van der Waals surface area contributed by atoms with E-state index in [9.17, 15) is 8.42 Å². The highest BCUT2D eigenvalue weighted by Crippen LogP contribution is 2.16. The summed E-state index contributed by atoms with van der Waals surface area (Å²) < 4.78 is 27.6. The normalized spacial score (nSPS) is 19.2. The molecule has 4 nitrogen and oxygen atoms in total. The van der Waals surface area contributed by atoms with Gasteiger partial charge in [0.25, 0.3) is 10.2 Å². The summed E-state index contributed by atoms with van der Waals surface area (Å²) in [6.45, 7) is 4.25. The molecule has 1 aliphatic rings. The fraction of sp³-hybridized carbons (Fsp3) is 1.00. The van der Waals surface area contributed by atoms with Gasteiger partial charge >= 0.3 is 0 Å². The molecule has 0 amide bonds. The molecule has 96 valence electrons. The maximum atomic E-state index is 12.2. The molecule has 0 N–H and O–H groups in total. The average molecular weight is 269 g/mol. The van der Waals surface area contributed by atoms with Gasteiger partial charge in [-0.1, -0.05) is 13.3 Å². The van der Waals surface area contributed by atoms with Crippen LogP contribution in [0, 0.1) is 0 Å². The summed E-state index contributed by atoms with van der Waals surface area (Å²) in [6, 6.07) is 0. The Morgan fingerprint density at radius 3 is 2.38 bits per heavy atom. The van der Waals surface area contributed by atoms with Gasteiger partial charge < -0.3 is 0 Å². The van der Waals surface area contributed by atoms with Crippen molar-refractivity contribution in [3.63, 3.8) is 0 Å². The molecule has 0 aromatic carbocycles. The van der Waals surface area contributed by atoms with E-state index in [1.54, 1.807) is 4.31 Å². The molecule has 0 atom stereocenters. The van der Waals surface area contributed by atoms with Gasteiger partial charge in [-0.15, -0.1) is 11.6 Å². The molecule has 0 aliphatic carbocycles.